The fourth-order valence-corrected chi connectivity index (χ4v) is 0.320. The van der Waals surface area contributed by atoms with Gasteiger partial charge in [-0.3, -0.25) is 0 Å². The van der Waals surface area contributed by atoms with Crippen LogP contribution < -0.4 is 15.3 Å². The molecule has 0 spiro atoms. The van der Waals surface area contributed by atoms with Crippen LogP contribution in [0.4, 0.5) is 0 Å². The van der Waals surface area contributed by atoms with Crippen molar-refractivity contribution < 1.29 is 82.5 Å². The molecule has 1 heterocycles. The molecule has 0 bridgehead atoms. The second-order valence-corrected chi connectivity index (χ2v) is 1.18. The van der Waals surface area contributed by atoms with Crippen LogP contribution in [-0.4, -0.2) is 15.0 Å². The van der Waals surface area contributed by atoms with E-state index in [0.29, 0.717) is 0 Å². The van der Waals surface area contributed by atoms with Crippen molar-refractivity contribution in [1.82, 2.24) is 15.0 Å². The summed E-state index contributed by atoms with van der Waals surface area (Å²) in [6.45, 7) is 0. The van der Waals surface area contributed by atoms with E-state index in [1.807, 2.05) is 0 Å². The maximum absolute atomic E-state index is 10.0. The summed E-state index contributed by atoms with van der Waals surface area (Å²) >= 11 is 0. The molecule has 0 saturated carbocycles. The van der Waals surface area contributed by atoms with Gasteiger partial charge in [-0.05, 0) is 0 Å². The third kappa shape index (κ3) is 6.18. The summed E-state index contributed by atoms with van der Waals surface area (Å²) in [5.41, 5.74) is 0. The molecule has 0 atom stereocenters. The molecule has 78 valence electrons. The quantitative estimate of drug-likeness (QED) is 0.393. The average molecular weight is 450 g/mol. The van der Waals surface area contributed by atoms with Crippen LogP contribution >= 0.6 is 0 Å². The molecule has 0 aliphatic heterocycles. The molecule has 0 aliphatic carbocycles. The predicted octanol–water partition coefficient (Wildman–Crippen LogP) is -2.92. The Morgan fingerprint density at radius 1 is 0.583 bits per heavy atom. The van der Waals surface area contributed by atoms with Crippen molar-refractivity contribution in [2.75, 3.05) is 0 Å². The fraction of sp³-hybridized carbons (Fsp3) is 0. The van der Waals surface area contributed by atoms with Gasteiger partial charge in [0, 0.05) is 0 Å². The fourth-order valence-electron chi connectivity index (χ4n) is 0.320. The van der Waals surface area contributed by atoms with Gasteiger partial charge < -0.3 is 15.3 Å². The van der Waals surface area contributed by atoms with E-state index in [-0.39, 0.29) is 67.1 Å². The van der Waals surface area contributed by atoms with Crippen molar-refractivity contribution in [2.24, 2.45) is 0 Å². The third-order valence-electron chi connectivity index (χ3n) is 0.574. The second-order valence-electron chi connectivity index (χ2n) is 1.18. The second kappa shape index (κ2) is 8.24. The Morgan fingerprint density at radius 3 is 0.917 bits per heavy atom. The van der Waals surface area contributed by atoms with Crippen LogP contribution in [0.3, 0.4) is 0 Å². The van der Waals surface area contributed by atoms with E-state index in [4.69, 9.17) is 0 Å². The summed E-state index contributed by atoms with van der Waals surface area (Å²) in [4.78, 5) is 8.10. The Hall–Kier alpha value is 0.631. The predicted molar refractivity (Wildman–Crippen MR) is 18.2 cm³/mol. The molecule has 6 nitrogen and oxygen atoms in total. The standard InChI is InChI=1S/C3H3N3O3.3Ag/c7-1-4-2(8)6-3(9)5-1;;;/h(H3,4,5,6,7,8,9);;;/q;3*+1/p-3. The van der Waals surface area contributed by atoms with Gasteiger partial charge >= 0.3 is 67.1 Å². The molecule has 12 heavy (non-hydrogen) atoms. The first-order chi connectivity index (χ1) is 4.18. The topological polar surface area (TPSA) is 108 Å². The smallest absolute Gasteiger partial charge is 0.844 e. The molecule has 0 N–H and O–H groups in total. The summed E-state index contributed by atoms with van der Waals surface area (Å²) in [5.74, 6) is 0. The van der Waals surface area contributed by atoms with Crippen molar-refractivity contribution in [2.45, 2.75) is 0 Å². The Kier molecular flexibility index (Phi) is 12.6. The first kappa shape index (κ1) is 18.4. The largest absolute Gasteiger partial charge is 1.00 e. The van der Waals surface area contributed by atoms with Crippen LogP contribution in [0.1, 0.15) is 0 Å². The molecule has 0 aliphatic rings. The van der Waals surface area contributed by atoms with Gasteiger partial charge in [-0.1, -0.05) is 0 Å². The van der Waals surface area contributed by atoms with Crippen molar-refractivity contribution in [3.05, 3.63) is 0 Å². The van der Waals surface area contributed by atoms with Crippen LogP contribution in [0.15, 0.2) is 0 Å². The zero-order chi connectivity index (χ0) is 6.85. The number of hydrogen-bond donors (Lipinski definition) is 0. The third-order valence-corrected chi connectivity index (χ3v) is 0.574. The molecular formula is C3Ag3N3O3. The van der Waals surface area contributed by atoms with Crippen molar-refractivity contribution in [3.63, 3.8) is 0 Å². The minimum absolute atomic E-state index is 0. The average Bonchev–Trinajstić information content (AvgIpc) is 1.59. The van der Waals surface area contributed by atoms with Crippen LogP contribution in [0.25, 0.3) is 0 Å². The molecule has 0 aromatic carbocycles. The molecule has 0 saturated heterocycles. The number of aromatic nitrogens is 3. The molecule has 1 aromatic rings. The van der Waals surface area contributed by atoms with Crippen molar-refractivity contribution >= 4 is 0 Å². The summed E-state index contributed by atoms with van der Waals surface area (Å²) in [7, 11) is 0. The van der Waals surface area contributed by atoms with Gasteiger partial charge in [0.15, 0.2) is 0 Å². The van der Waals surface area contributed by atoms with E-state index < -0.39 is 18.0 Å². The summed E-state index contributed by atoms with van der Waals surface area (Å²) < 4.78 is 0. The zero-order valence-electron chi connectivity index (χ0n) is 4.97. The van der Waals surface area contributed by atoms with Crippen molar-refractivity contribution in [1.29, 1.82) is 0 Å². The summed E-state index contributed by atoms with van der Waals surface area (Å²) in [6.07, 6.45) is 0. The molecular weight excluding hydrogens is 450 g/mol. The van der Waals surface area contributed by atoms with Gasteiger partial charge in [-0.2, -0.15) is 0 Å². The monoisotopic (exact) mass is 447 g/mol. The first-order valence-electron chi connectivity index (χ1n) is 1.95. The van der Waals surface area contributed by atoms with E-state index in [9.17, 15) is 15.3 Å². The molecule has 0 radical (unpaired) electrons. The maximum Gasteiger partial charge on any atom is 1.00 e. The SMILES string of the molecule is [Ag+].[Ag+].[Ag+].[O-]c1nc([O-])nc([O-])n1. The van der Waals surface area contributed by atoms with Gasteiger partial charge in [0.05, 0.1) is 18.0 Å². The number of hydrogen-bond acceptors (Lipinski definition) is 6. The Morgan fingerprint density at radius 2 is 0.750 bits per heavy atom. The molecule has 0 unspecified atom stereocenters. The van der Waals surface area contributed by atoms with Crippen LogP contribution in [0.2, 0.25) is 0 Å². The van der Waals surface area contributed by atoms with Crippen LogP contribution in [0.5, 0.6) is 18.0 Å². The van der Waals surface area contributed by atoms with E-state index in [0.717, 1.165) is 0 Å². The van der Waals surface area contributed by atoms with Crippen molar-refractivity contribution in [3.8, 4) is 18.0 Å². The number of nitrogens with zero attached hydrogens (tertiary/aromatic N) is 3. The maximum atomic E-state index is 10.0. The van der Waals surface area contributed by atoms with E-state index in [1.54, 1.807) is 0 Å². The minimum atomic E-state index is -1.08. The summed E-state index contributed by atoms with van der Waals surface area (Å²) in [6, 6.07) is -3.25. The Bertz CT molecular complexity index is 185. The van der Waals surface area contributed by atoms with Gasteiger partial charge in [0.2, 0.25) is 0 Å². The Labute approximate surface area is 114 Å². The van der Waals surface area contributed by atoms with Gasteiger partial charge in [0.1, 0.15) is 0 Å². The van der Waals surface area contributed by atoms with Gasteiger partial charge in [-0.15, -0.1) is 0 Å². The van der Waals surface area contributed by atoms with Gasteiger partial charge in [-0.25, -0.2) is 15.0 Å². The molecule has 9 heteroatoms. The number of rotatable bonds is 0. The Balaban J connectivity index is -0.000000270. The molecule has 0 amide bonds. The zero-order valence-corrected chi connectivity index (χ0v) is 9.42. The summed E-state index contributed by atoms with van der Waals surface area (Å²) in [5, 5.41) is 30.1. The van der Waals surface area contributed by atoms with Gasteiger partial charge in [0.25, 0.3) is 0 Å². The van der Waals surface area contributed by atoms with Crippen LogP contribution in [0, 0.1) is 0 Å². The van der Waals surface area contributed by atoms with Crippen LogP contribution in [-0.2, 0) is 67.1 Å². The van der Waals surface area contributed by atoms with E-state index in [2.05, 4.69) is 15.0 Å². The normalized spacial score (nSPS) is 7.00. The van der Waals surface area contributed by atoms with E-state index >= 15 is 0 Å². The minimum Gasteiger partial charge on any atom is -0.844 e. The first-order valence-corrected chi connectivity index (χ1v) is 1.95. The molecule has 1 aromatic heterocycles. The molecule has 1 rings (SSSR count). The molecule has 0 fully saturated rings. The van der Waals surface area contributed by atoms with E-state index in [1.165, 1.54) is 0 Å².